The van der Waals surface area contributed by atoms with E-state index in [0.29, 0.717) is 24.1 Å². The van der Waals surface area contributed by atoms with Crippen molar-refractivity contribution in [2.75, 3.05) is 13.2 Å². The minimum atomic E-state index is -0.132. The van der Waals surface area contributed by atoms with Crippen LogP contribution in [0.15, 0.2) is 10.9 Å². The summed E-state index contributed by atoms with van der Waals surface area (Å²) in [6.45, 7) is 3.30. The smallest absolute Gasteiger partial charge is 0.275 e. The Labute approximate surface area is 120 Å². The van der Waals surface area contributed by atoms with Crippen LogP contribution in [0.4, 0.5) is 0 Å². The maximum Gasteiger partial charge on any atom is 0.275 e. The van der Waals surface area contributed by atoms with Crippen molar-refractivity contribution in [2.24, 2.45) is 0 Å². The van der Waals surface area contributed by atoms with Crippen molar-refractivity contribution in [3.8, 4) is 0 Å². The molecule has 6 nitrogen and oxygen atoms in total. The minimum absolute atomic E-state index is 0.132. The van der Waals surface area contributed by atoms with Crippen LogP contribution in [0.2, 0.25) is 0 Å². The minimum Gasteiger partial charge on any atom is -0.395 e. The number of hydrogen-bond acceptors (Lipinski definition) is 6. The first-order valence-corrected chi connectivity index (χ1v) is 7.70. The maximum atomic E-state index is 11.8. The van der Waals surface area contributed by atoms with E-state index in [-0.39, 0.29) is 12.2 Å². The van der Waals surface area contributed by atoms with Gasteiger partial charge in [0.2, 0.25) is 4.96 Å². The van der Waals surface area contributed by atoms with Gasteiger partial charge in [0, 0.05) is 24.3 Å². The Balaban J connectivity index is 1.86. The molecule has 0 unspecified atom stereocenters. The van der Waals surface area contributed by atoms with E-state index < -0.39 is 0 Å². The molecule has 7 heteroatoms. The molecule has 0 amide bonds. The van der Waals surface area contributed by atoms with Crippen LogP contribution in [0.25, 0.3) is 4.96 Å². The molecule has 20 heavy (non-hydrogen) atoms. The highest BCUT2D eigenvalue weighted by molar-refractivity contribution is 7.16. The van der Waals surface area contributed by atoms with Crippen LogP contribution in [0, 0.1) is 6.92 Å². The third-order valence-corrected chi connectivity index (χ3v) is 4.62. The van der Waals surface area contributed by atoms with Gasteiger partial charge in [-0.25, -0.2) is 4.98 Å². The first-order valence-electron chi connectivity index (χ1n) is 6.88. The van der Waals surface area contributed by atoms with Gasteiger partial charge in [0.25, 0.3) is 5.56 Å². The van der Waals surface area contributed by atoms with Crippen molar-refractivity contribution in [3.05, 3.63) is 27.1 Å². The Morgan fingerprint density at radius 2 is 2.35 bits per heavy atom. The van der Waals surface area contributed by atoms with Crippen LogP contribution in [0.1, 0.15) is 30.0 Å². The standard InChI is InChI=1S/C13H18N4O2S/c1-9-7-12(19)17-13(14-9)20-11(15-17)8-16(5-6-18)10-3-2-4-10/h7,10,18H,2-6,8H2,1H3. The molecule has 0 aromatic carbocycles. The number of aromatic nitrogens is 3. The van der Waals surface area contributed by atoms with E-state index in [1.165, 1.54) is 41.2 Å². The molecule has 0 aliphatic heterocycles. The zero-order valence-electron chi connectivity index (χ0n) is 11.4. The van der Waals surface area contributed by atoms with Crippen LogP contribution in [-0.4, -0.2) is 43.8 Å². The van der Waals surface area contributed by atoms with Gasteiger partial charge in [-0.3, -0.25) is 9.69 Å². The average Bonchev–Trinajstić information content (AvgIpc) is 2.69. The second-order valence-electron chi connectivity index (χ2n) is 5.20. The van der Waals surface area contributed by atoms with Gasteiger partial charge in [-0.05, 0) is 19.8 Å². The van der Waals surface area contributed by atoms with Crippen molar-refractivity contribution < 1.29 is 5.11 Å². The first-order chi connectivity index (χ1) is 9.67. The van der Waals surface area contributed by atoms with Gasteiger partial charge < -0.3 is 5.11 Å². The Hall–Kier alpha value is -1.31. The van der Waals surface area contributed by atoms with Gasteiger partial charge >= 0.3 is 0 Å². The second-order valence-corrected chi connectivity index (χ2v) is 6.25. The molecule has 1 fully saturated rings. The summed E-state index contributed by atoms with van der Waals surface area (Å²) >= 11 is 1.45. The van der Waals surface area contributed by atoms with Gasteiger partial charge in [-0.15, -0.1) is 0 Å². The Morgan fingerprint density at radius 1 is 1.55 bits per heavy atom. The van der Waals surface area contributed by atoms with Crippen molar-refractivity contribution in [1.29, 1.82) is 0 Å². The summed E-state index contributed by atoms with van der Waals surface area (Å²) in [5.41, 5.74) is 0.587. The number of aryl methyl sites for hydroxylation is 1. The van der Waals surface area contributed by atoms with Gasteiger partial charge in [-0.2, -0.15) is 9.61 Å². The zero-order chi connectivity index (χ0) is 14.1. The topological polar surface area (TPSA) is 70.7 Å². The summed E-state index contributed by atoms with van der Waals surface area (Å²) in [5, 5.41) is 14.4. The summed E-state index contributed by atoms with van der Waals surface area (Å²) in [4.78, 5) is 19.1. The predicted molar refractivity (Wildman–Crippen MR) is 77.0 cm³/mol. The lowest BCUT2D eigenvalue weighted by Gasteiger charge is -2.36. The molecular formula is C13H18N4O2S. The van der Waals surface area contributed by atoms with Crippen LogP contribution in [0.5, 0.6) is 0 Å². The summed E-state index contributed by atoms with van der Waals surface area (Å²) in [6, 6.07) is 2.04. The number of hydrogen-bond donors (Lipinski definition) is 1. The summed E-state index contributed by atoms with van der Waals surface area (Å²) in [7, 11) is 0. The van der Waals surface area contributed by atoms with E-state index in [1.807, 2.05) is 6.92 Å². The molecule has 0 atom stereocenters. The summed E-state index contributed by atoms with van der Waals surface area (Å²) < 4.78 is 1.37. The first kappa shape index (κ1) is 13.7. The van der Waals surface area contributed by atoms with Gasteiger partial charge in [-0.1, -0.05) is 17.8 Å². The molecule has 108 valence electrons. The summed E-state index contributed by atoms with van der Waals surface area (Å²) in [6.07, 6.45) is 3.62. The number of fused-ring (bicyclic) bond motifs is 1. The van der Waals surface area contributed by atoms with Crippen molar-refractivity contribution in [3.63, 3.8) is 0 Å². The SMILES string of the molecule is Cc1cc(=O)n2nc(CN(CCO)C3CCC3)sc2n1. The molecule has 1 saturated carbocycles. The Bertz CT molecular complexity index is 662. The highest BCUT2D eigenvalue weighted by Gasteiger charge is 2.25. The van der Waals surface area contributed by atoms with Crippen molar-refractivity contribution in [2.45, 2.75) is 38.8 Å². The number of aliphatic hydroxyl groups is 1. The molecule has 1 aliphatic rings. The highest BCUT2D eigenvalue weighted by atomic mass is 32.1. The lowest BCUT2D eigenvalue weighted by atomic mass is 9.91. The van der Waals surface area contributed by atoms with Gasteiger partial charge in [0.15, 0.2) is 0 Å². The number of aliphatic hydroxyl groups excluding tert-OH is 1. The van der Waals surface area contributed by atoms with E-state index >= 15 is 0 Å². The quantitative estimate of drug-likeness (QED) is 0.883. The largest absolute Gasteiger partial charge is 0.395 e. The van der Waals surface area contributed by atoms with Crippen LogP contribution < -0.4 is 5.56 Å². The third-order valence-electron chi connectivity index (χ3n) is 3.73. The molecular weight excluding hydrogens is 276 g/mol. The zero-order valence-corrected chi connectivity index (χ0v) is 12.3. The van der Waals surface area contributed by atoms with Crippen LogP contribution >= 0.6 is 11.3 Å². The number of nitrogens with zero attached hydrogens (tertiary/aromatic N) is 4. The van der Waals surface area contributed by atoms with Crippen LogP contribution in [-0.2, 0) is 6.54 Å². The van der Waals surface area contributed by atoms with Crippen molar-refractivity contribution in [1.82, 2.24) is 19.5 Å². The van der Waals surface area contributed by atoms with Gasteiger partial charge in [0.1, 0.15) is 5.01 Å². The number of rotatable bonds is 5. The van der Waals surface area contributed by atoms with Gasteiger partial charge in [0.05, 0.1) is 13.2 Å². The fourth-order valence-corrected chi connectivity index (χ4v) is 3.44. The normalized spacial score (nSPS) is 15.9. The summed E-state index contributed by atoms with van der Waals surface area (Å²) in [5.74, 6) is 0. The Morgan fingerprint density at radius 3 is 3.00 bits per heavy atom. The molecule has 0 saturated heterocycles. The molecule has 0 radical (unpaired) electrons. The third kappa shape index (κ3) is 2.61. The Kier molecular flexibility index (Phi) is 3.82. The van der Waals surface area contributed by atoms with E-state index in [4.69, 9.17) is 0 Å². The molecule has 3 rings (SSSR count). The predicted octanol–water partition coefficient (Wildman–Crippen LogP) is 0.806. The maximum absolute atomic E-state index is 11.8. The fourth-order valence-electron chi connectivity index (χ4n) is 2.47. The lowest BCUT2D eigenvalue weighted by molar-refractivity contribution is 0.0942. The molecule has 2 aromatic rings. The second kappa shape index (κ2) is 5.59. The molecule has 0 bridgehead atoms. The van der Waals surface area contributed by atoms with Crippen molar-refractivity contribution >= 4 is 16.3 Å². The van der Waals surface area contributed by atoms with E-state index in [0.717, 1.165) is 10.7 Å². The lowest BCUT2D eigenvalue weighted by Crippen LogP contribution is -2.41. The average molecular weight is 294 g/mol. The van der Waals surface area contributed by atoms with E-state index in [1.54, 1.807) is 0 Å². The van der Waals surface area contributed by atoms with Crippen LogP contribution in [0.3, 0.4) is 0 Å². The fraction of sp³-hybridized carbons (Fsp3) is 0.615. The molecule has 1 aliphatic carbocycles. The van der Waals surface area contributed by atoms with E-state index in [2.05, 4.69) is 15.0 Å². The molecule has 2 heterocycles. The van der Waals surface area contributed by atoms with E-state index in [9.17, 15) is 9.90 Å². The molecule has 0 spiro atoms. The molecule has 1 N–H and O–H groups in total. The molecule has 2 aromatic heterocycles. The monoisotopic (exact) mass is 294 g/mol. The highest BCUT2D eigenvalue weighted by Crippen LogP contribution is 2.26.